The molecule has 10 aromatic carbocycles. The van der Waals surface area contributed by atoms with E-state index in [2.05, 4.69) is 316 Å². The van der Waals surface area contributed by atoms with Crippen LogP contribution in [0.4, 0.5) is 0 Å². The maximum atomic E-state index is 5.41. The maximum Gasteiger partial charge on any atom is 0.124 e. The highest BCUT2D eigenvalue weighted by Crippen LogP contribution is 2.46. The first-order valence-electron chi connectivity index (χ1n) is 45.9. The van der Waals surface area contributed by atoms with Crippen LogP contribution in [0.2, 0.25) is 0 Å². The number of nitrogens with zero attached hydrogens (tertiary/aromatic N) is 15. The highest BCUT2D eigenvalue weighted by atomic mass is 32.1. The number of rotatable bonds is 19. The molecule has 0 saturated carbocycles. The van der Waals surface area contributed by atoms with Crippen molar-refractivity contribution in [3.63, 3.8) is 0 Å². The molecule has 0 aliphatic heterocycles. The van der Waals surface area contributed by atoms with Crippen LogP contribution < -0.4 is 0 Å². The zero-order valence-corrected chi connectivity index (χ0v) is 78.0. The molecule has 664 valence electrons. The molecular weight excluding hydrogens is 1780 g/mol. The molecular formula is C123H79N15S3. The van der Waals surface area contributed by atoms with Gasteiger partial charge in [0, 0.05) is 225 Å². The second-order valence-corrected chi connectivity index (χ2v) is 36.9. The van der Waals surface area contributed by atoms with Gasteiger partial charge < -0.3 is 0 Å². The lowest BCUT2D eigenvalue weighted by Gasteiger charge is -2.15. The highest BCUT2D eigenvalue weighted by molar-refractivity contribution is 7.22. The van der Waals surface area contributed by atoms with E-state index in [4.69, 9.17) is 19.9 Å². The summed E-state index contributed by atoms with van der Waals surface area (Å²) in [6, 6.07) is 121. The molecule has 0 spiro atoms. The van der Waals surface area contributed by atoms with E-state index in [1.165, 1.54) is 4.70 Å². The summed E-state index contributed by atoms with van der Waals surface area (Å²) in [5.74, 6) is 0. The van der Waals surface area contributed by atoms with Crippen molar-refractivity contribution in [3.05, 3.63) is 482 Å². The van der Waals surface area contributed by atoms with Crippen LogP contribution in [-0.2, 0) is 0 Å². The molecule has 15 nitrogen and oxygen atoms in total. The Hall–Kier alpha value is -18.3. The Kier molecular flexibility index (Phi) is 24.6. The van der Waals surface area contributed by atoms with Gasteiger partial charge in [0.25, 0.3) is 0 Å². The fourth-order valence-corrected chi connectivity index (χ4v) is 20.4. The van der Waals surface area contributed by atoms with Gasteiger partial charge in [-0.25, -0.2) is 19.9 Å². The molecule has 15 heterocycles. The summed E-state index contributed by atoms with van der Waals surface area (Å²) < 4.78 is 3.48. The Morgan fingerprint density at radius 2 is 0.270 bits per heavy atom. The second kappa shape index (κ2) is 39.9. The van der Waals surface area contributed by atoms with Crippen molar-refractivity contribution in [2.45, 2.75) is 0 Å². The summed E-state index contributed by atoms with van der Waals surface area (Å²) in [4.78, 5) is 69.1. The molecule has 25 rings (SSSR count). The highest BCUT2D eigenvalue weighted by Gasteiger charge is 2.22. The van der Waals surface area contributed by atoms with Crippen LogP contribution in [0, 0.1) is 0 Å². The third-order valence-electron chi connectivity index (χ3n) is 24.5. The van der Waals surface area contributed by atoms with Gasteiger partial charge in [-0.1, -0.05) is 103 Å². The first-order valence-corrected chi connectivity index (χ1v) is 48.3. The van der Waals surface area contributed by atoms with E-state index in [0.717, 1.165) is 236 Å². The molecule has 0 bridgehead atoms. The molecule has 0 aliphatic rings. The third kappa shape index (κ3) is 19.5. The van der Waals surface area contributed by atoms with E-state index in [0.29, 0.717) is 0 Å². The molecule has 0 N–H and O–H groups in total. The Morgan fingerprint density at radius 3 is 0.433 bits per heavy atom. The molecule has 0 atom stereocenters. The number of hydrogen-bond donors (Lipinski definition) is 0. The van der Waals surface area contributed by atoms with Crippen molar-refractivity contribution < 1.29 is 0 Å². The summed E-state index contributed by atoms with van der Waals surface area (Å²) in [5.41, 5.74) is 39.7. The number of thiazole rings is 3. The second-order valence-electron chi connectivity index (χ2n) is 33.8. The number of fused-ring (bicyclic) bond motifs is 3. The van der Waals surface area contributed by atoms with Gasteiger partial charge in [0.15, 0.2) is 0 Å². The van der Waals surface area contributed by atoms with Crippen LogP contribution in [0.25, 0.3) is 241 Å². The van der Waals surface area contributed by atoms with E-state index >= 15 is 0 Å². The predicted octanol–water partition coefficient (Wildman–Crippen LogP) is 31.3. The zero-order chi connectivity index (χ0) is 94.0. The van der Waals surface area contributed by atoms with Crippen molar-refractivity contribution >= 4 is 64.7 Å². The van der Waals surface area contributed by atoms with Crippen LogP contribution >= 0.6 is 34.0 Å². The van der Waals surface area contributed by atoms with E-state index < -0.39 is 0 Å². The van der Waals surface area contributed by atoms with Gasteiger partial charge in [-0.3, -0.25) is 54.8 Å². The van der Waals surface area contributed by atoms with Gasteiger partial charge in [-0.2, -0.15) is 0 Å². The summed E-state index contributed by atoms with van der Waals surface area (Å²) in [5, 5.41) is 2.91. The van der Waals surface area contributed by atoms with Gasteiger partial charge in [-0.15, -0.1) is 34.0 Å². The lowest BCUT2D eigenvalue weighted by Crippen LogP contribution is -1.94. The standard InChI is InChI=1S/C45H29N5S.C44H28N6S.C34H22N4S/c1-2-12-44-43(11-1)50-45(51-44)42-24-40(38-19-34(30-7-3-13-46-26-30)17-35(20-38)31-8-4-14-47-27-31)23-41(25-42)39-21-36(32-9-5-15-48-28-32)18-37(22-39)33-10-6-16-49-29-33;1-2-12-43-40(11-1)50-44(51-43)39-23-41(37-19-33(29-7-3-13-45-25-29)17-34(20-37)30-8-4-14-46-26-30)49-42(24-39)38-21-35(31-9-5-15-47-27-31)18-36(22-38)32-10-6-16-48-28-32;1-2-10-33-32(9-1)38-34(39-33)31-18-28(25-8-5-13-37-22-25)17-30(19-31)29-15-26(23-6-3-11-35-20-23)14-27(16-29)24-7-4-12-36-21-24/h1-29H;1-28H;1-22H. The summed E-state index contributed by atoms with van der Waals surface area (Å²) in [6.07, 6.45) is 40.8. The monoisotopic (exact) mass is 1860 g/mol. The molecule has 0 saturated heterocycles. The Bertz CT molecular complexity index is 7710. The average Bonchev–Trinajstić information content (AvgIpc) is 1.77. The number of para-hydroxylation sites is 3. The van der Waals surface area contributed by atoms with Crippen molar-refractivity contribution in [1.29, 1.82) is 0 Å². The molecule has 0 amide bonds. The van der Waals surface area contributed by atoms with Crippen molar-refractivity contribution in [2.75, 3.05) is 0 Å². The van der Waals surface area contributed by atoms with Crippen molar-refractivity contribution in [3.8, 4) is 210 Å². The molecule has 0 unspecified atom stereocenters. The van der Waals surface area contributed by atoms with E-state index in [1.807, 2.05) is 178 Å². The molecule has 0 radical (unpaired) electrons. The van der Waals surface area contributed by atoms with Gasteiger partial charge in [0.05, 0.1) is 42.0 Å². The molecule has 25 aromatic rings. The van der Waals surface area contributed by atoms with Crippen LogP contribution in [0.5, 0.6) is 0 Å². The quantitative estimate of drug-likeness (QED) is 0.0741. The first kappa shape index (κ1) is 86.8. The van der Waals surface area contributed by atoms with Gasteiger partial charge in [0.2, 0.25) is 0 Å². The summed E-state index contributed by atoms with van der Waals surface area (Å²) in [6.45, 7) is 0. The van der Waals surface area contributed by atoms with Crippen LogP contribution in [0.15, 0.2) is 482 Å². The number of aromatic nitrogens is 15. The Morgan fingerprint density at radius 1 is 0.121 bits per heavy atom. The van der Waals surface area contributed by atoms with Gasteiger partial charge in [-0.05, 0) is 337 Å². The third-order valence-corrected chi connectivity index (χ3v) is 27.8. The summed E-state index contributed by atoms with van der Waals surface area (Å²) >= 11 is 5.12. The average molecular weight is 1860 g/mol. The predicted molar refractivity (Wildman–Crippen MR) is 576 cm³/mol. The molecule has 0 fully saturated rings. The Labute approximate surface area is 825 Å². The number of pyridine rings is 12. The first-order chi connectivity index (χ1) is 69.8. The van der Waals surface area contributed by atoms with Crippen LogP contribution in [-0.4, -0.2) is 74.8 Å². The zero-order valence-electron chi connectivity index (χ0n) is 75.5. The minimum Gasteiger partial charge on any atom is -0.264 e. The largest absolute Gasteiger partial charge is 0.264 e. The minimum absolute atomic E-state index is 0.840. The molecule has 18 heteroatoms. The lowest BCUT2D eigenvalue weighted by molar-refractivity contribution is 1.30. The Balaban J connectivity index is 0.000000119. The minimum atomic E-state index is 0.840. The number of hydrogen-bond acceptors (Lipinski definition) is 18. The lowest BCUT2D eigenvalue weighted by atomic mass is 9.90. The van der Waals surface area contributed by atoms with Gasteiger partial charge in [0.1, 0.15) is 15.0 Å². The fraction of sp³-hybridized carbons (Fsp3) is 0. The fourth-order valence-electron chi connectivity index (χ4n) is 17.6. The van der Waals surface area contributed by atoms with E-state index in [-0.39, 0.29) is 0 Å². The molecule has 15 aromatic heterocycles. The van der Waals surface area contributed by atoms with Crippen molar-refractivity contribution in [2.24, 2.45) is 0 Å². The van der Waals surface area contributed by atoms with E-state index in [9.17, 15) is 0 Å². The van der Waals surface area contributed by atoms with Gasteiger partial charge >= 0.3 is 0 Å². The SMILES string of the molecule is c1cncc(-c2cc(-c3cccnc3)cc(-c3cc(-c4cc(-c5cccnc5)cc(-c5cccnc5)c4)cc(-c4nc5ccccc5s4)c3)c2)c1.c1cncc(-c2cc(-c3cccnc3)cc(-c3cc(-c4cccnc4)cc(-c4nc5ccccc5s4)c3)c2)c1.c1cncc(-c2cc(-c3cccnc3)cc(-c3cc(-c4nc5ccccc5s4)cc(-c4cc(-c5cccnc5)cc(-c5cccnc5)c4)n3)c2)c1. The smallest absolute Gasteiger partial charge is 0.124 e. The maximum absolute atomic E-state index is 5.41. The van der Waals surface area contributed by atoms with Crippen LogP contribution in [0.1, 0.15) is 0 Å². The normalized spacial score (nSPS) is 11.1. The summed E-state index contributed by atoms with van der Waals surface area (Å²) in [7, 11) is 0. The molecule has 141 heavy (non-hydrogen) atoms. The van der Waals surface area contributed by atoms with Crippen molar-refractivity contribution in [1.82, 2.24) is 74.8 Å². The van der Waals surface area contributed by atoms with E-state index in [1.54, 1.807) is 77.4 Å². The van der Waals surface area contributed by atoms with Crippen LogP contribution in [0.3, 0.4) is 0 Å². The topological polar surface area (TPSA) is 193 Å². The molecule has 0 aliphatic carbocycles. The number of benzene rings is 10.